The van der Waals surface area contributed by atoms with Gasteiger partial charge in [0, 0.05) is 52.0 Å². The molecule has 2 aromatic rings. The van der Waals surface area contributed by atoms with E-state index in [0.29, 0.717) is 13.2 Å². The van der Waals surface area contributed by atoms with Crippen molar-refractivity contribution in [1.29, 1.82) is 0 Å². The minimum atomic E-state index is 0. The van der Waals surface area contributed by atoms with Crippen LogP contribution >= 0.6 is 0 Å². The SMILES string of the molecule is CCCCC1=C(c2cc(CC)c(CCCC)c(CC)c2)[N+](=[N-])C(c2cc(CC)c(CCCC)c(CC)c2)=C1CC.CCCCO.CCCCO.[Ni]. The molecule has 0 radical (unpaired) electrons. The van der Waals surface area contributed by atoms with Crippen LogP contribution in [0, 0.1) is 0 Å². The van der Waals surface area contributed by atoms with Crippen molar-refractivity contribution in [1.82, 2.24) is 0 Å². The normalized spacial score (nSPS) is 12.4. The number of benzene rings is 2. The molecule has 0 saturated heterocycles. The Labute approximate surface area is 325 Å². The third-order valence-electron chi connectivity index (χ3n) is 10.0. The minimum Gasteiger partial charge on any atom is -0.493 e. The summed E-state index contributed by atoms with van der Waals surface area (Å²) in [7, 11) is 0. The number of allylic oxidation sites excluding steroid dienone is 2. The third-order valence-corrected chi connectivity index (χ3v) is 10.0. The molecule has 1 aliphatic rings. The second-order valence-corrected chi connectivity index (χ2v) is 13.7. The molecule has 0 spiro atoms. The van der Waals surface area contributed by atoms with Gasteiger partial charge in [0.15, 0.2) is 0 Å². The fourth-order valence-electron chi connectivity index (χ4n) is 7.05. The molecule has 2 N–H and O–H groups in total. The first-order valence-electron chi connectivity index (χ1n) is 20.7. The molecule has 0 amide bonds. The van der Waals surface area contributed by atoms with Crippen molar-refractivity contribution in [2.24, 2.45) is 0 Å². The number of hydrogen-bond donors (Lipinski definition) is 2. The smallest absolute Gasteiger partial charge is 0.211 e. The summed E-state index contributed by atoms with van der Waals surface area (Å²) in [5, 5.41) is 16.1. The molecule has 0 aromatic heterocycles. The maximum absolute atomic E-state index is 12.1. The first kappa shape index (κ1) is 48.9. The Morgan fingerprint density at radius 2 is 0.765 bits per heavy atom. The van der Waals surface area contributed by atoms with E-state index in [2.05, 4.69) is 93.5 Å². The summed E-state index contributed by atoms with van der Waals surface area (Å²) in [5.41, 5.74) is 28.1. The van der Waals surface area contributed by atoms with Crippen molar-refractivity contribution in [3.05, 3.63) is 85.5 Å². The summed E-state index contributed by atoms with van der Waals surface area (Å²) in [6, 6.07) is 9.57. The Hall–Kier alpha value is -2.07. The monoisotopic (exact) mass is 747 g/mol. The van der Waals surface area contributed by atoms with Crippen LogP contribution in [0.15, 0.2) is 35.4 Å². The van der Waals surface area contributed by atoms with E-state index in [0.717, 1.165) is 101 Å². The zero-order valence-corrected chi connectivity index (χ0v) is 35.5. The van der Waals surface area contributed by atoms with Crippen molar-refractivity contribution in [3.63, 3.8) is 0 Å². The van der Waals surface area contributed by atoms with Crippen LogP contribution in [0.2, 0.25) is 0 Å². The largest absolute Gasteiger partial charge is 0.493 e. The summed E-state index contributed by atoms with van der Waals surface area (Å²) >= 11 is 0. The fourth-order valence-corrected chi connectivity index (χ4v) is 7.05. The molecule has 0 unspecified atom stereocenters. The van der Waals surface area contributed by atoms with Crippen LogP contribution in [-0.4, -0.2) is 28.1 Å². The number of unbranched alkanes of at least 4 members (excludes halogenated alkanes) is 5. The molecule has 3 rings (SSSR count). The first-order valence-corrected chi connectivity index (χ1v) is 20.7. The van der Waals surface area contributed by atoms with Crippen molar-refractivity contribution in [2.45, 2.75) is 185 Å². The maximum atomic E-state index is 12.1. The molecule has 292 valence electrons. The predicted octanol–water partition coefficient (Wildman–Crippen LogP) is 12.9. The summed E-state index contributed by atoms with van der Waals surface area (Å²) in [6.45, 7) is 23.0. The standard InChI is InChI=1S/C38H56N2.2C4H10O.Ni/c1-9-17-20-34-27(12-4)23-31(24-28(34)13-5)37-33(16-8)36(22-19-11-3)38(40(37)39)32-25-29(14-6)35(21-18-10-2)30(15-7)26-32;2*1-2-3-4-5;/h23-26H,9-22H2,1-8H3;2*5H,2-4H2,1H3;. The van der Waals surface area contributed by atoms with Crippen molar-refractivity contribution in [3.8, 4) is 0 Å². The second kappa shape index (κ2) is 28.4. The van der Waals surface area contributed by atoms with Gasteiger partial charge in [-0.25, -0.2) is 4.70 Å². The average Bonchev–Trinajstić information content (AvgIpc) is 3.42. The first-order chi connectivity index (χ1) is 24.3. The van der Waals surface area contributed by atoms with Gasteiger partial charge < -0.3 is 15.7 Å². The van der Waals surface area contributed by atoms with E-state index in [-0.39, 0.29) is 16.5 Å². The molecular formula is C46H76N2NiO2. The Kier molecular flexibility index (Phi) is 27.3. The predicted molar refractivity (Wildman–Crippen MR) is 219 cm³/mol. The molecule has 1 heterocycles. The molecule has 5 heteroatoms. The number of aliphatic hydroxyl groups is 2. The van der Waals surface area contributed by atoms with Gasteiger partial charge in [-0.1, -0.05) is 101 Å². The molecule has 2 aromatic carbocycles. The van der Waals surface area contributed by atoms with Crippen molar-refractivity contribution < 1.29 is 31.4 Å². The van der Waals surface area contributed by atoms with E-state index in [1.54, 1.807) is 15.8 Å². The second-order valence-electron chi connectivity index (χ2n) is 13.7. The van der Waals surface area contributed by atoms with E-state index >= 15 is 0 Å². The zero-order chi connectivity index (χ0) is 37.5. The summed E-state index contributed by atoms with van der Waals surface area (Å²) in [6.07, 6.45) is 19.6. The molecule has 4 nitrogen and oxygen atoms in total. The summed E-state index contributed by atoms with van der Waals surface area (Å²) in [4.78, 5) is 0. The van der Waals surface area contributed by atoms with Crippen LogP contribution in [0.1, 0.15) is 191 Å². The molecule has 0 atom stereocenters. The Bertz CT molecular complexity index is 1300. The Balaban J connectivity index is 0.00000200. The van der Waals surface area contributed by atoms with Gasteiger partial charge in [0.05, 0.1) is 0 Å². The van der Waals surface area contributed by atoms with Crippen LogP contribution in [-0.2, 0) is 55.0 Å². The van der Waals surface area contributed by atoms with Gasteiger partial charge in [-0.05, 0) is 141 Å². The average molecular weight is 748 g/mol. The van der Waals surface area contributed by atoms with Gasteiger partial charge in [-0.2, -0.15) is 0 Å². The number of rotatable bonds is 20. The molecule has 51 heavy (non-hydrogen) atoms. The van der Waals surface area contributed by atoms with Crippen molar-refractivity contribution in [2.75, 3.05) is 13.2 Å². The quantitative estimate of drug-likeness (QED) is 0.105. The van der Waals surface area contributed by atoms with Crippen LogP contribution in [0.4, 0.5) is 0 Å². The third kappa shape index (κ3) is 14.4. The van der Waals surface area contributed by atoms with E-state index in [4.69, 9.17) is 10.2 Å². The Morgan fingerprint density at radius 3 is 1.02 bits per heavy atom. The van der Waals surface area contributed by atoms with Gasteiger partial charge in [-0.15, -0.1) is 0 Å². The van der Waals surface area contributed by atoms with E-state index in [1.165, 1.54) is 70.2 Å². The maximum Gasteiger partial charge on any atom is 0.211 e. The fraction of sp³-hybridized carbons (Fsp3) is 0.652. The van der Waals surface area contributed by atoms with Gasteiger partial charge >= 0.3 is 0 Å². The number of aliphatic hydroxyl groups excluding tert-OH is 2. The molecular weight excluding hydrogens is 671 g/mol. The van der Waals surface area contributed by atoms with Gasteiger partial charge in [0.25, 0.3) is 0 Å². The van der Waals surface area contributed by atoms with Crippen LogP contribution in [0.5, 0.6) is 0 Å². The molecule has 1 aliphatic heterocycles. The van der Waals surface area contributed by atoms with Crippen LogP contribution in [0.3, 0.4) is 0 Å². The number of hydrogen-bond acceptors (Lipinski definition) is 2. The van der Waals surface area contributed by atoms with Crippen molar-refractivity contribution >= 4 is 11.4 Å². The minimum absolute atomic E-state index is 0. The summed E-state index contributed by atoms with van der Waals surface area (Å²) in [5.74, 6) is 0. The van der Waals surface area contributed by atoms with E-state index in [9.17, 15) is 5.53 Å². The van der Waals surface area contributed by atoms with Crippen LogP contribution in [0.25, 0.3) is 16.9 Å². The molecule has 0 fully saturated rings. The van der Waals surface area contributed by atoms with Gasteiger partial charge in [-0.3, -0.25) is 0 Å². The number of nitrogens with zero attached hydrogens (tertiary/aromatic N) is 2. The molecule has 0 saturated carbocycles. The zero-order valence-electron chi connectivity index (χ0n) is 34.6. The van der Waals surface area contributed by atoms with Gasteiger partial charge in [0.1, 0.15) is 0 Å². The molecule has 0 aliphatic carbocycles. The van der Waals surface area contributed by atoms with E-state index < -0.39 is 0 Å². The molecule has 0 bridgehead atoms. The number of aryl methyl sites for hydroxylation is 4. The van der Waals surface area contributed by atoms with Gasteiger partial charge in [0.2, 0.25) is 11.4 Å². The topological polar surface area (TPSA) is 65.8 Å². The Morgan fingerprint density at radius 1 is 0.451 bits per heavy atom. The van der Waals surface area contributed by atoms with Crippen LogP contribution < -0.4 is 0 Å². The summed E-state index contributed by atoms with van der Waals surface area (Å²) < 4.78 is 1.59. The van der Waals surface area contributed by atoms with E-state index in [1.807, 2.05) is 0 Å².